The lowest BCUT2D eigenvalue weighted by atomic mass is 9.48. The van der Waals surface area contributed by atoms with Gasteiger partial charge in [-0.25, -0.2) is 0 Å². The minimum Gasteiger partial charge on any atom is -0.482 e. The van der Waals surface area contributed by atoms with Gasteiger partial charge in [0, 0.05) is 32.4 Å². The van der Waals surface area contributed by atoms with Gasteiger partial charge < -0.3 is 52.5 Å². The van der Waals surface area contributed by atoms with Crippen molar-refractivity contribution < 1.29 is 52.5 Å². The van der Waals surface area contributed by atoms with Crippen LogP contribution < -0.4 is 9.47 Å². The molecule has 3 fully saturated rings. The number of nitrogens with zero attached hydrogens (tertiary/aromatic N) is 1. The molecule has 0 amide bonds. The molecule has 0 aromatic heterocycles. The van der Waals surface area contributed by atoms with E-state index in [0.29, 0.717) is 91.5 Å². The Morgan fingerprint density at radius 1 is 0.792 bits per heavy atom. The first-order valence-corrected chi connectivity index (χ1v) is 18.0. The molecule has 5 atom stereocenters. The summed E-state index contributed by atoms with van der Waals surface area (Å²) in [5.74, 6) is 2.16. The molecule has 272 valence electrons. The van der Waals surface area contributed by atoms with Gasteiger partial charge in [-0.3, -0.25) is 4.90 Å². The van der Waals surface area contributed by atoms with Crippen LogP contribution in [0.15, 0.2) is 12.1 Å². The van der Waals surface area contributed by atoms with Crippen molar-refractivity contribution in [2.75, 3.05) is 113 Å². The summed E-state index contributed by atoms with van der Waals surface area (Å²) >= 11 is 0. The van der Waals surface area contributed by atoms with E-state index in [1.54, 1.807) is 14.2 Å². The zero-order valence-electron chi connectivity index (χ0n) is 29.0. The molecular weight excluding hydrogens is 622 g/mol. The van der Waals surface area contributed by atoms with Crippen molar-refractivity contribution in [3.63, 3.8) is 0 Å². The largest absolute Gasteiger partial charge is 0.482 e. The number of aliphatic hydroxyl groups is 1. The third-order valence-electron chi connectivity index (χ3n) is 11.1. The van der Waals surface area contributed by atoms with E-state index in [-0.39, 0.29) is 25.0 Å². The molecule has 48 heavy (non-hydrogen) atoms. The van der Waals surface area contributed by atoms with Gasteiger partial charge in [-0.15, -0.1) is 0 Å². The summed E-state index contributed by atoms with van der Waals surface area (Å²) in [5, 5.41) is 12.9. The van der Waals surface area contributed by atoms with Gasteiger partial charge in [-0.2, -0.15) is 0 Å². The summed E-state index contributed by atoms with van der Waals surface area (Å²) in [4.78, 5) is 2.60. The van der Waals surface area contributed by atoms with Crippen molar-refractivity contribution in [2.24, 2.45) is 5.92 Å². The maximum atomic E-state index is 12.9. The molecule has 2 heterocycles. The number of benzene rings is 1. The predicted octanol–water partition coefficient (Wildman–Crippen LogP) is 2.74. The first kappa shape index (κ1) is 36.2. The SMILES string of the molecule is COCCOCCOCCOCCOCCOC1CC[C@@]2(O)[C@H]3Cc4ccc(OCOCCOC)c5c4[C@@]2(CCN3CC2CCC2)[C@H]1O5. The number of likely N-dealkylation sites (tertiary alicyclic amines) is 1. The van der Waals surface area contributed by atoms with E-state index in [4.69, 9.17) is 47.4 Å². The molecule has 3 aliphatic carbocycles. The normalized spacial score (nSPS) is 29.0. The number of ether oxygens (including phenoxy) is 10. The van der Waals surface area contributed by atoms with Crippen LogP contribution in [0.5, 0.6) is 11.5 Å². The summed E-state index contributed by atoms with van der Waals surface area (Å²) in [7, 11) is 3.30. The summed E-state index contributed by atoms with van der Waals surface area (Å²) in [6, 6.07) is 4.26. The summed E-state index contributed by atoms with van der Waals surface area (Å²) in [6.45, 7) is 8.26. The molecule has 2 bridgehead atoms. The molecule has 1 saturated heterocycles. The van der Waals surface area contributed by atoms with E-state index in [1.807, 2.05) is 6.07 Å². The van der Waals surface area contributed by atoms with Crippen molar-refractivity contribution >= 4 is 0 Å². The molecule has 1 N–H and O–H groups in total. The third kappa shape index (κ3) is 7.68. The van der Waals surface area contributed by atoms with Crippen LogP contribution in [0, 0.1) is 5.92 Å². The standard InChI is InChI=1S/C36H57NO11/c1-39-12-14-41-16-17-42-18-19-43-20-21-44-22-23-46-30-8-9-36(38)31-24-28-6-7-29(47-26-45-15-13-40-2)33-32(28)35(36,34(30)48-33)10-11-37(31)25-27-4-3-5-27/h6-7,27,30-31,34,38H,3-5,8-26H2,1-2H3/t30?,31-,34+,35+,36-/m1/s1. The molecule has 6 rings (SSSR count). The van der Waals surface area contributed by atoms with Crippen LogP contribution in [0.25, 0.3) is 0 Å². The Balaban J connectivity index is 1.03. The Bertz CT molecular complexity index is 1140. The van der Waals surface area contributed by atoms with Crippen molar-refractivity contribution in [2.45, 2.75) is 74.2 Å². The summed E-state index contributed by atoms with van der Waals surface area (Å²) in [5.41, 5.74) is 0.967. The molecule has 2 saturated carbocycles. The summed E-state index contributed by atoms with van der Waals surface area (Å²) < 4.78 is 57.5. The fraction of sp³-hybridized carbons (Fsp3) is 0.833. The second-order valence-corrected chi connectivity index (χ2v) is 13.7. The van der Waals surface area contributed by atoms with Gasteiger partial charge in [-0.05, 0) is 62.6 Å². The minimum atomic E-state index is -0.889. The van der Waals surface area contributed by atoms with E-state index in [2.05, 4.69) is 11.0 Å². The van der Waals surface area contributed by atoms with Crippen LogP contribution in [0.2, 0.25) is 0 Å². The van der Waals surface area contributed by atoms with E-state index < -0.39 is 11.0 Å². The predicted molar refractivity (Wildman–Crippen MR) is 176 cm³/mol. The molecule has 0 radical (unpaired) electrons. The van der Waals surface area contributed by atoms with Crippen molar-refractivity contribution in [1.82, 2.24) is 4.90 Å². The van der Waals surface area contributed by atoms with E-state index in [0.717, 1.165) is 49.6 Å². The highest BCUT2D eigenvalue weighted by Gasteiger charge is 2.73. The first-order chi connectivity index (χ1) is 23.6. The maximum Gasteiger partial charge on any atom is 0.189 e. The van der Waals surface area contributed by atoms with Crippen LogP contribution in [0.1, 0.15) is 49.7 Å². The monoisotopic (exact) mass is 679 g/mol. The summed E-state index contributed by atoms with van der Waals surface area (Å²) in [6.07, 6.45) is 6.55. The van der Waals surface area contributed by atoms with Gasteiger partial charge in [0.1, 0.15) is 6.10 Å². The Hall–Kier alpha value is -1.58. The number of hydrogen-bond acceptors (Lipinski definition) is 12. The average molecular weight is 680 g/mol. The fourth-order valence-corrected chi connectivity index (χ4v) is 8.55. The van der Waals surface area contributed by atoms with Crippen molar-refractivity contribution in [3.8, 4) is 11.5 Å². The van der Waals surface area contributed by atoms with Crippen molar-refractivity contribution in [1.29, 1.82) is 0 Å². The topological polar surface area (TPSA) is 116 Å². The zero-order chi connectivity index (χ0) is 33.2. The van der Waals surface area contributed by atoms with Crippen LogP contribution in [-0.2, 0) is 49.7 Å². The smallest absolute Gasteiger partial charge is 0.189 e. The quantitative estimate of drug-likeness (QED) is 0.128. The van der Waals surface area contributed by atoms with Gasteiger partial charge in [0.05, 0.1) is 96.4 Å². The lowest BCUT2D eigenvalue weighted by Crippen LogP contribution is -2.77. The van der Waals surface area contributed by atoms with Gasteiger partial charge in [0.2, 0.25) is 0 Å². The van der Waals surface area contributed by atoms with Crippen LogP contribution in [-0.4, -0.2) is 147 Å². The number of hydrogen-bond donors (Lipinski definition) is 1. The van der Waals surface area contributed by atoms with E-state index >= 15 is 0 Å². The third-order valence-corrected chi connectivity index (χ3v) is 11.1. The number of rotatable bonds is 24. The Morgan fingerprint density at radius 2 is 1.44 bits per heavy atom. The molecule has 12 heteroatoms. The molecule has 1 aromatic carbocycles. The highest BCUT2D eigenvalue weighted by atomic mass is 16.7. The zero-order valence-corrected chi connectivity index (χ0v) is 29.0. The van der Waals surface area contributed by atoms with Gasteiger partial charge in [0.15, 0.2) is 18.3 Å². The van der Waals surface area contributed by atoms with Crippen LogP contribution in [0.3, 0.4) is 0 Å². The maximum absolute atomic E-state index is 12.9. The molecule has 1 unspecified atom stereocenters. The van der Waals surface area contributed by atoms with E-state index in [1.165, 1.54) is 24.8 Å². The number of piperidine rings is 1. The first-order valence-electron chi connectivity index (χ1n) is 18.0. The molecular formula is C36H57NO11. The Kier molecular flexibility index (Phi) is 13.3. The lowest BCUT2D eigenvalue weighted by Gasteiger charge is -2.64. The molecule has 2 aliphatic heterocycles. The Morgan fingerprint density at radius 3 is 2.08 bits per heavy atom. The molecule has 12 nitrogen and oxygen atoms in total. The molecule has 5 aliphatic rings. The van der Waals surface area contributed by atoms with Gasteiger partial charge in [0.25, 0.3) is 0 Å². The van der Waals surface area contributed by atoms with Gasteiger partial charge in [-0.1, -0.05) is 12.5 Å². The highest BCUT2D eigenvalue weighted by Crippen LogP contribution is 2.66. The highest BCUT2D eigenvalue weighted by molar-refractivity contribution is 5.63. The van der Waals surface area contributed by atoms with Crippen LogP contribution >= 0.6 is 0 Å². The second kappa shape index (κ2) is 17.6. The molecule has 1 aromatic rings. The molecule has 1 spiro atoms. The lowest BCUT2D eigenvalue weighted by molar-refractivity contribution is -0.218. The minimum absolute atomic E-state index is 0.0736. The average Bonchev–Trinajstić information content (AvgIpc) is 3.42. The second-order valence-electron chi connectivity index (χ2n) is 13.7. The van der Waals surface area contributed by atoms with E-state index in [9.17, 15) is 5.11 Å². The van der Waals surface area contributed by atoms with Crippen LogP contribution in [0.4, 0.5) is 0 Å². The Labute approximate surface area is 285 Å². The van der Waals surface area contributed by atoms with Gasteiger partial charge >= 0.3 is 0 Å². The van der Waals surface area contributed by atoms with Crippen molar-refractivity contribution in [3.05, 3.63) is 23.3 Å². The fourth-order valence-electron chi connectivity index (χ4n) is 8.55. The number of methoxy groups -OCH3 is 2.